The Balaban J connectivity index is 2.50. The van der Waals surface area contributed by atoms with E-state index < -0.39 is 6.03 Å². The highest BCUT2D eigenvalue weighted by atomic mass is 19.1. The topological polar surface area (TPSA) is 74.8 Å². The van der Waals surface area contributed by atoms with Crippen molar-refractivity contribution >= 4 is 11.9 Å². The second-order valence-electron chi connectivity index (χ2n) is 6.41. The van der Waals surface area contributed by atoms with Crippen LogP contribution in [0.1, 0.15) is 39.3 Å². The number of carbonyl (C=O) groups excluding carboxylic acids is 2. The minimum atomic E-state index is -0.472. The summed E-state index contributed by atoms with van der Waals surface area (Å²) in [6, 6.07) is 5.84. The third-order valence-electron chi connectivity index (χ3n) is 3.45. The van der Waals surface area contributed by atoms with Crippen molar-refractivity contribution in [3.8, 4) is 0 Å². The number of hydrogen-bond donors (Lipinski definition) is 3. The summed E-state index contributed by atoms with van der Waals surface area (Å²) >= 11 is 0. The first-order valence-corrected chi connectivity index (χ1v) is 7.96. The molecule has 0 radical (unpaired) electrons. The van der Waals surface area contributed by atoms with Gasteiger partial charge in [0.1, 0.15) is 11.9 Å². The maximum Gasteiger partial charge on any atom is 0.321 e. The van der Waals surface area contributed by atoms with Crippen LogP contribution >= 0.6 is 0 Å². The van der Waals surface area contributed by atoms with Gasteiger partial charge in [-0.2, -0.15) is 0 Å². The molecule has 0 aliphatic rings. The van der Waals surface area contributed by atoms with Gasteiger partial charge in [-0.15, -0.1) is 0 Å². The maximum atomic E-state index is 13.0. The quantitative estimate of drug-likeness (QED) is 0.712. The lowest BCUT2D eigenvalue weighted by Gasteiger charge is -2.19. The Morgan fingerprint density at radius 3 is 2.26 bits per heavy atom. The minimum absolute atomic E-state index is 0.0278. The molecule has 0 aliphatic carbocycles. The second kappa shape index (κ2) is 9.25. The number of quaternary nitrogens is 1. The molecule has 0 saturated carbocycles. The Bertz CT molecular complexity index is 515. The molecule has 0 unspecified atom stereocenters. The number of benzene rings is 1. The summed E-state index contributed by atoms with van der Waals surface area (Å²) < 4.78 is 13.0. The summed E-state index contributed by atoms with van der Waals surface area (Å²) in [6.07, 6.45) is 0. The number of nitrogens with one attached hydrogen (secondary N) is 2. The van der Waals surface area contributed by atoms with Gasteiger partial charge in [0.15, 0.2) is 6.54 Å². The Morgan fingerprint density at radius 2 is 1.74 bits per heavy atom. The minimum Gasteiger partial charge on any atom is -0.338 e. The van der Waals surface area contributed by atoms with Crippen LogP contribution in [0.2, 0.25) is 0 Å². The van der Waals surface area contributed by atoms with Gasteiger partial charge in [-0.25, -0.2) is 9.18 Å². The predicted molar refractivity (Wildman–Crippen MR) is 87.2 cm³/mol. The SMILES string of the molecule is CC(C)CNC(=O)NC(=O)C[NH2+][C@H](c1ccc(F)cc1)C(C)C. The van der Waals surface area contributed by atoms with Crippen molar-refractivity contribution < 1.29 is 19.3 Å². The van der Waals surface area contributed by atoms with E-state index in [0.29, 0.717) is 12.5 Å². The standard InChI is InChI=1S/C17H26FN3O2/c1-11(2)9-20-17(23)21-15(22)10-19-16(12(3)4)13-5-7-14(18)8-6-13/h5-8,11-12,16,19H,9-10H2,1-4H3,(H2,20,21,22,23)/p+1/t16-/m0/s1. The van der Waals surface area contributed by atoms with Gasteiger partial charge in [-0.1, -0.05) is 39.8 Å². The average molecular weight is 324 g/mol. The molecule has 0 fully saturated rings. The lowest BCUT2D eigenvalue weighted by Crippen LogP contribution is -2.88. The molecule has 3 amide bonds. The second-order valence-corrected chi connectivity index (χ2v) is 6.41. The van der Waals surface area contributed by atoms with Crippen LogP contribution in [0.25, 0.3) is 0 Å². The third kappa shape index (κ3) is 7.23. The molecule has 23 heavy (non-hydrogen) atoms. The van der Waals surface area contributed by atoms with E-state index in [1.54, 1.807) is 12.1 Å². The predicted octanol–water partition coefficient (Wildman–Crippen LogP) is 1.57. The van der Waals surface area contributed by atoms with Gasteiger partial charge in [0, 0.05) is 18.0 Å². The fourth-order valence-electron chi connectivity index (χ4n) is 2.23. The molecule has 0 spiro atoms. The van der Waals surface area contributed by atoms with Crippen LogP contribution in [0.15, 0.2) is 24.3 Å². The summed E-state index contributed by atoms with van der Waals surface area (Å²) in [5, 5.41) is 6.81. The van der Waals surface area contributed by atoms with Crippen molar-refractivity contribution in [2.24, 2.45) is 11.8 Å². The molecule has 0 aliphatic heterocycles. The molecule has 6 heteroatoms. The zero-order valence-corrected chi connectivity index (χ0v) is 14.2. The Hall–Kier alpha value is -1.95. The molecule has 4 N–H and O–H groups in total. The number of nitrogens with two attached hydrogens (primary N) is 1. The lowest BCUT2D eigenvalue weighted by atomic mass is 9.96. The van der Waals surface area contributed by atoms with Gasteiger partial charge in [0.05, 0.1) is 0 Å². The number of rotatable bonds is 7. The maximum absolute atomic E-state index is 13.0. The average Bonchev–Trinajstić information content (AvgIpc) is 2.46. The van der Waals surface area contributed by atoms with Crippen molar-refractivity contribution in [1.82, 2.24) is 10.6 Å². The van der Waals surface area contributed by atoms with Crippen LogP contribution in [-0.2, 0) is 4.79 Å². The summed E-state index contributed by atoms with van der Waals surface area (Å²) in [6.45, 7) is 8.69. The Kier molecular flexibility index (Phi) is 7.68. The molecular formula is C17H27FN3O2+. The first-order valence-electron chi connectivity index (χ1n) is 7.96. The normalized spacial score (nSPS) is 12.3. The molecule has 128 valence electrons. The van der Waals surface area contributed by atoms with Crippen LogP contribution < -0.4 is 16.0 Å². The number of amides is 3. The van der Waals surface area contributed by atoms with Gasteiger partial charge in [0.25, 0.3) is 5.91 Å². The largest absolute Gasteiger partial charge is 0.338 e. The molecule has 1 aromatic rings. The highest BCUT2D eigenvalue weighted by Gasteiger charge is 2.21. The first-order chi connectivity index (χ1) is 10.8. The van der Waals surface area contributed by atoms with Crippen LogP contribution in [0.4, 0.5) is 9.18 Å². The molecule has 5 nitrogen and oxygen atoms in total. The highest BCUT2D eigenvalue weighted by molar-refractivity contribution is 5.94. The number of hydrogen-bond acceptors (Lipinski definition) is 2. The van der Waals surface area contributed by atoms with Crippen molar-refractivity contribution in [3.05, 3.63) is 35.6 Å². The molecule has 1 aromatic carbocycles. The van der Waals surface area contributed by atoms with Gasteiger partial charge in [-0.05, 0) is 18.1 Å². The molecule has 1 atom stereocenters. The lowest BCUT2D eigenvalue weighted by molar-refractivity contribution is -0.692. The monoisotopic (exact) mass is 324 g/mol. The zero-order chi connectivity index (χ0) is 17.4. The number of halogens is 1. The van der Waals surface area contributed by atoms with Crippen LogP contribution in [-0.4, -0.2) is 25.0 Å². The summed E-state index contributed by atoms with van der Waals surface area (Å²) in [5.41, 5.74) is 0.957. The number of urea groups is 1. The van der Waals surface area contributed by atoms with Crippen molar-refractivity contribution in [1.29, 1.82) is 0 Å². The van der Waals surface area contributed by atoms with Gasteiger partial charge >= 0.3 is 6.03 Å². The molecule has 0 heterocycles. The molecule has 0 bridgehead atoms. The van der Waals surface area contributed by atoms with E-state index in [9.17, 15) is 14.0 Å². The molecule has 1 rings (SSSR count). The molecule has 0 aromatic heterocycles. The number of carbonyl (C=O) groups is 2. The van der Waals surface area contributed by atoms with E-state index in [2.05, 4.69) is 10.6 Å². The number of imide groups is 1. The van der Waals surface area contributed by atoms with E-state index in [4.69, 9.17) is 0 Å². The summed E-state index contributed by atoms with van der Waals surface area (Å²) in [7, 11) is 0. The Morgan fingerprint density at radius 1 is 1.13 bits per heavy atom. The van der Waals surface area contributed by atoms with Crippen LogP contribution in [0.3, 0.4) is 0 Å². The van der Waals surface area contributed by atoms with Crippen LogP contribution in [0, 0.1) is 17.7 Å². The third-order valence-corrected chi connectivity index (χ3v) is 3.45. The van der Waals surface area contributed by atoms with Crippen molar-refractivity contribution in [2.75, 3.05) is 13.1 Å². The van der Waals surface area contributed by atoms with E-state index in [1.165, 1.54) is 12.1 Å². The van der Waals surface area contributed by atoms with Gasteiger partial charge in [-0.3, -0.25) is 10.1 Å². The van der Waals surface area contributed by atoms with E-state index in [-0.39, 0.29) is 30.2 Å². The summed E-state index contributed by atoms with van der Waals surface area (Å²) in [5.74, 6) is -0.0379. The fourth-order valence-corrected chi connectivity index (χ4v) is 2.23. The van der Waals surface area contributed by atoms with Crippen molar-refractivity contribution in [2.45, 2.75) is 33.7 Å². The Labute approximate surface area is 137 Å². The van der Waals surface area contributed by atoms with Gasteiger partial charge in [0.2, 0.25) is 0 Å². The highest BCUT2D eigenvalue weighted by Crippen LogP contribution is 2.17. The molecular weight excluding hydrogens is 297 g/mol. The zero-order valence-electron chi connectivity index (χ0n) is 14.2. The fraction of sp³-hybridized carbons (Fsp3) is 0.529. The van der Waals surface area contributed by atoms with Gasteiger partial charge < -0.3 is 10.6 Å². The van der Waals surface area contributed by atoms with Crippen LogP contribution in [0.5, 0.6) is 0 Å². The van der Waals surface area contributed by atoms with E-state index in [1.807, 2.05) is 33.0 Å². The molecule has 0 saturated heterocycles. The smallest absolute Gasteiger partial charge is 0.321 e. The summed E-state index contributed by atoms with van der Waals surface area (Å²) in [4.78, 5) is 23.4. The van der Waals surface area contributed by atoms with Crippen molar-refractivity contribution in [3.63, 3.8) is 0 Å². The van der Waals surface area contributed by atoms with E-state index in [0.717, 1.165) is 5.56 Å². The first kappa shape index (κ1) is 19.1. The van der Waals surface area contributed by atoms with E-state index >= 15 is 0 Å².